The van der Waals surface area contributed by atoms with Crippen LogP contribution >= 0.6 is 11.3 Å². The molecule has 0 spiro atoms. The van der Waals surface area contributed by atoms with E-state index in [1.807, 2.05) is 38.1 Å². The molecule has 1 heterocycles. The molecule has 0 aliphatic carbocycles. The van der Waals surface area contributed by atoms with E-state index in [1.54, 1.807) is 17.2 Å². The molecule has 6 nitrogen and oxygen atoms in total. The Morgan fingerprint density at radius 1 is 1.25 bits per heavy atom. The van der Waals surface area contributed by atoms with Crippen LogP contribution in [0.5, 0.6) is 0 Å². The molecule has 0 unspecified atom stereocenters. The van der Waals surface area contributed by atoms with Gasteiger partial charge in [0.1, 0.15) is 11.6 Å². The third-order valence-electron chi connectivity index (χ3n) is 4.11. The normalized spacial score (nSPS) is 11.0. The molecule has 0 atom stereocenters. The minimum absolute atomic E-state index is 0.128. The van der Waals surface area contributed by atoms with Gasteiger partial charge in [-0.2, -0.15) is 5.26 Å². The van der Waals surface area contributed by atoms with Gasteiger partial charge < -0.3 is 4.74 Å². The van der Waals surface area contributed by atoms with Gasteiger partial charge in [0.25, 0.3) is 0 Å². The minimum atomic E-state index is -0.687. The zero-order chi connectivity index (χ0) is 20.7. The molecule has 1 amide bonds. The number of nitriles is 1. The maximum Gasteiger partial charge on any atom is 0.348 e. The van der Waals surface area contributed by atoms with E-state index in [9.17, 15) is 14.9 Å². The molecule has 28 heavy (non-hydrogen) atoms. The molecule has 2 rings (SSSR count). The van der Waals surface area contributed by atoms with Gasteiger partial charge in [0, 0.05) is 12.3 Å². The van der Waals surface area contributed by atoms with E-state index < -0.39 is 5.97 Å². The van der Waals surface area contributed by atoms with Gasteiger partial charge in [-0.25, -0.2) is 9.78 Å². The van der Waals surface area contributed by atoms with Crippen molar-refractivity contribution in [2.24, 2.45) is 0 Å². The summed E-state index contributed by atoms with van der Waals surface area (Å²) in [6.45, 7) is 7.46. The molecule has 0 N–H and O–H groups in total. The summed E-state index contributed by atoms with van der Waals surface area (Å²) in [6.07, 6.45) is 2.95. The molecule has 0 saturated carbocycles. The van der Waals surface area contributed by atoms with Crippen molar-refractivity contribution in [1.82, 2.24) is 4.98 Å². The quantitative estimate of drug-likeness (QED) is 0.392. The van der Waals surface area contributed by atoms with Gasteiger partial charge in [-0.15, -0.1) is 11.3 Å². The van der Waals surface area contributed by atoms with Gasteiger partial charge in [0.05, 0.1) is 18.0 Å². The molecule has 0 aliphatic heterocycles. The molecule has 0 bridgehead atoms. The predicted octanol–water partition coefficient (Wildman–Crippen LogP) is 4.42. The van der Waals surface area contributed by atoms with Crippen molar-refractivity contribution < 1.29 is 14.3 Å². The van der Waals surface area contributed by atoms with Crippen LogP contribution in [0.4, 0.5) is 10.8 Å². The lowest BCUT2D eigenvalue weighted by Crippen LogP contribution is -2.25. The zero-order valence-electron chi connectivity index (χ0n) is 16.5. The number of hydrogen-bond donors (Lipinski definition) is 0. The van der Waals surface area contributed by atoms with Crippen LogP contribution in [0, 0.1) is 11.3 Å². The first-order valence-electron chi connectivity index (χ1n) is 9.12. The van der Waals surface area contributed by atoms with E-state index in [0.29, 0.717) is 10.8 Å². The average Bonchev–Trinajstić information content (AvgIpc) is 3.14. The summed E-state index contributed by atoms with van der Waals surface area (Å²) in [6, 6.07) is 7.84. The highest BCUT2D eigenvalue weighted by molar-refractivity contribution is 7.14. The van der Waals surface area contributed by atoms with Crippen LogP contribution in [-0.2, 0) is 27.2 Å². The van der Waals surface area contributed by atoms with Gasteiger partial charge in [-0.3, -0.25) is 9.69 Å². The summed E-state index contributed by atoms with van der Waals surface area (Å²) >= 11 is 1.28. The molecule has 1 aromatic carbocycles. The maximum atomic E-state index is 12.5. The van der Waals surface area contributed by atoms with Crippen molar-refractivity contribution in [3.05, 3.63) is 46.0 Å². The molecule has 0 fully saturated rings. The summed E-state index contributed by atoms with van der Waals surface area (Å²) in [5.41, 5.74) is 3.28. The van der Waals surface area contributed by atoms with E-state index in [2.05, 4.69) is 4.98 Å². The Morgan fingerprint density at radius 3 is 2.39 bits per heavy atom. The number of rotatable bonds is 7. The zero-order valence-corrected chi connectivity index (χ0v) is 17.3. The third kappa shape index (κ3) is 4.65. The van der Waals surface area contributed by atoms with Crippen molar-refractivity contribution >= 4 is 40.1 Å². The number of carbonyl (C=O) groups excluding carboxylic acids is 2. The number of esters is 1. The highest BCUT2D eigenvalue weighted by atomic mass is 32.1. The standard InChI is InChI=1S/C21H23N3O3S/c1-5-15-9-8-10-16(6-2)19(15)24(14(4)25)21-23-18(13-28-21)11-17(12-22)20(26)27-7-3/h8-11,13H,5-7H2,1-4H3. The SMILES string of the molecule is CCOC(=O)C(C#N)=Cc1csc(N(C(C)=O)c2c(CC)cccc2CC)n1. The number of benzene rings is 1. The van der Waals surface area contributed by atoms with Gasteiger partial charge in [0.15, 0.2) is 5.13 Å². The van der Waals surface area contributed by atoms with Gasteiger partial charge in [0.2, 0.25) is 5.91 Å². The largest absolute Gasteiger partial charge is 0.462 e. The Labute approximate surface area is 169 Å². The highest BCUT2D eigenvalue weighted by Gasteiger charge is 2.23. The molecule has 146 valence electrons. The van der Waals surface area contributed by atoms with Gasteiger partial charge in [-0.05, 0) is 37.0 Å². The number of carbonyl (C=O) groups is 2. The molecular weight excluding hydrogens is 374 g/mol. The lowest BCUT2D eigenvalue weighted by Gasteiger charge is -2.24. The van der Waals surface area contributed by atoms with Crippen LogP contribution in [0.25, 0.3) is 6.08 Å². The number of aryl methyl sites for hydroxylation is 2. The number of para-hydroxylation sites is 1. The smallest absolute Gasteiger partial charge is 0.348 e. The molecule has 2 aromatic rings. The van der Waals surface area contributed by atoms with Crippen LogP contribution in [-0.4, -0.2) is 23.5 Å². The minimum Gasteiger partial charge on any atom is -0.462 e. The third-order valence-corrected chi connectivity index (χ3v) is 4.96. The summed E-state index contributed by atoms with van der Waals surface area (Å²) in [7, 11) is 0. The van der Waals surface area contributed by atoms with Crippen LogP contribution in [0.15, 0.2) is 29.2 Å². The first-order chi connectivity index (χ1) is 13.5. The van der Waals surface area contributed by atoms with E-state index >= 15 is 0 Å². The number of amides is 1. The second-order valence-electron chi connectivity index (χ2n) is 5.93. The summed E-state index contributed by atoms with van der Waals surface area (Å²) in [5, 5.41) is 11.4. The van der Waals surface area contributed by atoms with Crippen molar-refractivity contribution in [1.29, 1.82) is 5.26 Å². The van der Waals surface area contributed by atoms with Crippen molar-refractivity contribution in [2.45, 2.75) is 40.5 Å². The predicted molar refractivity (Wildman–Crippen MR) is 110 cm³/mol. The summed E-state index contributed by atoms with van der Waals surface area (Å²) in [4.78, 5) is 30.4. The van der Waals surface area contributed by atoms with Crippen LogP contribution in [0.2, 0.25) is 0 Å². The Morgan fingerprint density at radius 2 is 1.89 bits per heavy atom. The number of nitrogens with zero attached hydrogens (tertiary/aromatic N) is 3. The van der Waals surface area contributed by atoms with Crippen LogP contribution < -0.4 is 4.90 Å². The average molecular weight is 398 g/mol. The molecule has 0 aliphatic rings. The fourth-order valence-electron chi connectivity index (χ4n) is 2.83. The van der Waals surface area contributed by atoms with E-state index in [4.69, 9.17) is 4.74 Å². The number of thiazole rings is 1. The van der Waals surface area contributed by atoms with Crippen molar-refractivity contribution in [3.63, 3.8) is 0 Å². The second-order valence-corrected chi connectivity index (χ2v) is 6.77. The lowest BCUT2D eigenvalue weighted by atomic mass is 10.0. The van der Waals surface area contributed by atoms with Gasteiger partial charge in [-0.1, -0.05) is 32.0 Å². The van der Waals surface area contributed by atoms with Gasteiger partial charge >= 0.3 is 5.97 Å². The molecule has 0 radical (unpaired) electrons. The van der Waals surface area contributed by atoms with E-state index in [1.165, 1.54) is 24.3 Å². The second kappa shape index (κ2) is 9.81. The molecular formula is C21H23N3O3S. The van der Waals surface area contributed by atoms with E-state index in [0.717, 1.165) is 29.7 Å². The Balaban J connectivity index is 2.51. The van der Waals surface area contributed by atoms with E-state index in [-0.39, 0.29) is 18.1 Å². The Hall–Kier alpha value is -2.98. The lowest BCUT2D eigenvalue weighted by molar-refractivity contribution is -0.137. The van der Waals surface area contributed by atoms with Crippen molar-refractivity contribution in [3.8, 4) is 6.07 Å². The molecule has 1 aromatic heterocycles. The number of anilines is 2. The first-order valence-corrected chi connectivity index (χ1v) is 10.0. The highest BCUT2D eigenvalue weighted by Crippen LogP contribution is 2.35. The van der Waals surface area contributed by atoms with Crippen molar-refractivity contribution in [2.75, 3.05) is 11.5 Å². The first kappa shape index (κ1) is 21.3. The monoisotopic (exact) mass is 397 g/mol. The summed E-state index contributed by atoms with van der Waals surface area (Å²) < 4.78 is 4.87. The maximum absolute atomic E-state index is 12.5. The summed E-state index contributed by atoms with van der Waals surface area (Å²) in [5.74, 6) is -0.834. The fraction of sp³-hybridized carbons (Fsp3) is 0.333. The Bertz CT molecular complexity index is 918. The Kier molecular flexibility index (Phi) is 7.47. The number of hydrogen-bond acceptors (Lipinski definition) is 6. The van der Waals surface area contributed by atoms with Crippen LogP contribution in [0.3, 0.4) is 0 Å². The number of aromatic nitrogens is 1. The number of ether oxygens (including phenoxy) is 1. The molecule has 0 saturated heterocycles. The molecule has 7 heteroatoms. The van der Waals surface area contributed by atoms with Crippen LogP contribution in [0.1, 0.15) is 44.5 Å². The fourth-order valence-corrected chi connectivity index (χ4v) is 3.66. The topological polar surface area (TPSA) is 83.3 Å².